The molecule has 1 aromatic rings. The van der Waals surface area contributed by atoms with Gasteiger partial charge in [0.05, 0.1) is 12.3 Å². The molecule has 0 bridgehead atoms. The lowest BCUT2D eigenvalue weighted by atomic mass is 10.0. The van der Waals surface area contributed by atoms with E-state index in [-0.39, 0.29) is 6.04 Å². The zero-order valence-electron chi connectivity index (χ0n) is 8.70. The van der Waals surface area contributed by atoms with E-state index in [1.54, 1.807) is 10.9 Å². The van der Waals surface area contributed by atoms with E-state index in [4.69, 9.17) is 0 Å². The zero-order chi connectivity index (χ0) is 10.1. The standard InChI is InChI=1S/C10H17N3O/c1-7-8(6-12-13(7)2)10(14)9-4-3-5-11-9/h6,9-11,14H,3-5H2,1-2H3. The van der Waals surface area contributed by atoms with Crippen molar-refractivity contribution in [3.8, 4) is 0 Å². The van der Waals surface area contributed by atoms with Crippen LogP contribution < -0.4 is 5.32 Å². The normalized spacial score (nSPS) is 24.1. The minimum absolute atomic E-state index is 0.206. The van der Waals surface area contributed by atoms with Crippen molar-refractivity contribution in [3.05, 3.63) is 17.5 Å². The molecule has 78 valence electrons. The quantitative estimate of drug-likeness (QED) is 0.723. The second-order valence-corrected chi connectivity index (χ2v) is 3.96. The van der Waals surface area contributed by atoms with E-state index in [1.165, 1.54) is 0 Å². The Kier molecular flexibility index (Phi) is 2.56. The van der Waals surface area contributed by atoms with Gasteiger partial charge in [0, 0.05) is 24.3 Å². The maximum absolute atomic E-state index is 10.1. The lowest BCUT2D eigenvalue weighted by molar-refractivity contribution is 0.137. The number of aromatic nitrogens is 2. The molecule has 1 aromatic heterocycles. The first-order valence-corrected chi connectivity index (χ1v) is 5.10. The maximum atomic E-state index is 10.1. The van der Waals surface area contributed by atoms with E-state index in [0.717, 1.165) is 30.6 Å². The summed E-state index contributed by atoms with van der Waals surface area (Å²) in [5, 5.41) is 17.5. The third-order valence-electron chi connectivity index (χ3n) is 3.07. The maximum Gasteiger partial charge on any atom is 0.0975 e. The fraction of sp³-hybridized carbons (Fsp3) is 0.700. The minimum Gasteiger partial charge on any atom is -0.387 e. The van der Waals surface area contributed by atoms with Gasteiger partial charge in [0.1, 0.15) is 0 Å². The number of aliphatic hydroxyl groups excluding tert-OH is 1. The number of hydrogen-bond acceptors (Lipinski definition) is 3. The van der Waals surface area contributed by atoms with Gasteiger partial charge in [-0.25, -0.2) is 0 Å². The van der Waals surface area contributed by atoms with Gasteiger partial charge in [-0.05, 0) is 26.3 Å². The first kappa shape index (κ1) is 9.68. The molecule has 14 heavy (non-hydrogen) atoms. The average molecular weight is 195 g/mol. The molecule has 1 fully saturated rings. The number of aliphatic hydroxyl groups is 1. The van der Waals surface area contributed by atoms with Crippen molar-refractivity contribution in [2.45, 2.75) is 31.9 Å². The molecule has 4 nitrogen and oxygen atoms in total. The summed E-state index contributed by atoms with van der Waals surface area (Å²) >= 11 is 0. The lowest BCUT2D eigenvalue weighted by Crippen LogP contribution is -2.28. The molecule has 0 aliphatic carbocycles. The molecular formula is C10H17N3O. The van der Waals surface area contributed by atoms with Crippen LogP contribution in [0.2, 0.25) is 0 Å². The summed E-state index contributed by atoms with van der Waals surface area (Å²) in [6.07, 6.45) is 3.56. The van der Waals surface area contributed by atoms with Gasteiger partial charge in [-0.1, -0.05) is 0 Å². The largest absolute Gasteiger partial charge is 0.387 e. The molecule has 0 aromatic carbocycles. The van der Waals surface area contributed by atoms with Crippen LogP contribution >= 0.6 is 0 Å². The highest BCUT2D eigenvalue weighted by molar-refractivity contribution is 5.20. The fourth-order valence-electron chi connectivity index (χ4n) is 2.00. The van der Waals surface area contributed by atoms with Crippen LogP contribution in [-0.2, 0) is 7.05 Å². The van der Waals surface area contributed by atoms with Crippen molar-refractivity contribution in [1.29, 1.82) is 0 Å². The van der Waals surface area contributed by atoms with Gasteiger partial charge < -0.3 is 10.4 Å². The second-order valence-electron chi connectivity index (χ2n) is 3.96. The molecule has 2 atom stereocenters. The van der Waals surface area contributed by atoms with Gasteiger partial charge in [-0.2, -0.15) is 5.10 Å². The van der Waals surface area contributed by atoms with E-state index in [2.05, 4.69) is 10.4 Å². The van der Waals surface area contributed by atoms with Crippen LogP contribution in [0.15, 0.2) is 6.20 Å². The molecule has 0 amide bonds. The van der Waals surface area contributed by atoms with Gasteiger partial charge >= 0.3 is 0 Å². The van der Waals surface area contributed by atoms with E-state index >= 15 is 0 Å². The molecular weight excluding hydrogens is 178 g/mol. The molecule has 1 aliphatic heterocycles. The summed E-state index contributed by atoms with van der Waals surface area (Å²) < 4.78 is 1.80. The van der Waals surface area contributed by atoms with Crippen molar-refractivity contribution in [2.75, 3.05) is 6.54 Å². The SMILES string of the molecule is Cc1c(C(O)C2CCCN2)cnn1C. The van der Waals surface area contributed by atoms with Crippen LogP contribution in [0.4, 0.5) is 0 Å². The molecule has 2 unspecified atom stereocenters. The number of hydrogen-bond donors (Lipinski definition) is 2. The first-order chi connectivity index (χ1) is 6.70. The third-order valence-corrected chi connectivity index (χ3v) is 3.07. The van der Waals surface area contributed by atoms with Crippen molar-refractivity contribution < 1.29 is 5.11 Å². The van der Waals surface area contributed by atoms with Gasteiger partial charge in [-0.15, -0.1) is 0 Å². The van der Waals surface area contributed by atoms with E-state index < -0.39 is 6.10 Å². The predicted molar refractivity (Wildman–Crippen MR) is 53.9 cm³/mol. The highest BCUT2D eigenvalue weighted by Gasteiger charge is 2.26. The summed E-state index contributed by atoms with van der Waals surface area (Å²) in [7, 11) is 1.90. The Bertz CT molecular complexity index is 315. The third kappa shape index (κ3) is 1.55. The molecule has 2 rings (SSSR count). The van der Waals surface area contributed by atoms with Crippen LogP contribution in [0, 0.1) is 6.92 Å². The Morgan fingerprint density at radius 3 is 3.00 bits per heavy atom. The molecule has 2 N–H and O–H groups in total. The average Bonchev–Trinajstić information content (AvgIpc) is 2.77. The molecule has 4 heteroatoms. The first-order valence-electron chi connectivity index (χ1n) is 5.10. The zero-order valence-corrected chi connectivity index (χ0v) is 8.70. The van der Waals surface area contributed by atoms with Crippen LogP contribution in [0.25, 0.3) is 0 Å². The Labute approximate surface area is 83.9 Å². The molecule has 1 aliphatic rings. The predicted octanol–water partition coefficient (Wildman–Crippen LogP) is 0.514. The van der Waals surface area contributed by atoms with Crippen LogP contribution in [0.3, 0.4) is 0 Å². The topological polar surface area (TPSA) is 50.1 Å². The van der Waals surface area contributed by atoms with E-state index in [0.29, 0.717) is 0 Å². The van der Waals surface area contributed by atoms with Crippen molar-refractivity contribution in [2.24, 2.45) is 7.05 Å². The highest BCUT2D eigenvalue weighted by atomic mass is 16.3. The fourth-order valence-corrected chi connectivity index (χ4v) is 2.00. The number of rotatable bonds is 2. The lowest BCUT2D eigenvalue weighted by Gasteiger charge is -2.17. The second kappa shape index (κ2) is 3.71. The van der Waals surface area contributed by atoms with Gasteiger partial charge in [-0.3, -0.25) is 4.68 Å². The summed E-state index contributed by atoms with van der Waals surface area (Å²) in [5.41, 5.74) is 2.00. The molecule has 1 saturated heterocycles. The Morgan fingerprint density at radius 1 is 1.71 bits per heavy atom. The Balaban J connectivity index is 2.17. The molecule has 0 saturated carbocycles. The van der Waals surface area contributed by atoms with Gasteiger partial charge in [0.25, 0.3) is 0 Å². The summed E-state index contributed by atoms with van der Waals surface area (Å²) in [6, 6.07) is 0.206. The van der Waals surface area contributed by atoms with Crippen molar-refractivity contribution in [3.63, 3.8) is 0 Å². The van der Waals surface area contributed by atoms with Crippen LogP contribution in [0.1, 0.15) is 30.2 Å². The summed E-state index contributed by atoms with van der Waals surface area (Å²) in [5.74, 6) is 0. The van der Waals surface area contributed by atoms with Crippen molar-refractivity contribution >= 4 is 0 Å². The Morgan fingerprint density at radius 2 is 2.50 bits per heavy atom. The van der Waals surface area contributed by atoms with E-state index in [1.807, 2.05) is 14.0 Å². The van der Waals surface area contributed by atoms with Crippen LogP contribution in [-0.4, -0.2) is 27.5 Å². The number of nitrogens with one attached hydrogen (secondary N) is 1. The van der Waals surface area contributed by atoms with Gasteiger partial charge in [0.15, 0.2) is 0 Å². The highest BCUT2D eigenvalue weighted by Crippen LogP contribution is 2.24. The summed E-state index contributed by atoms with van der Waals surface area (Å²) in [6.45, 7) is 3.00. The van der Waals surface area contributed by atoms with Crippen LogP contribution in [0.5, 0.6) is 0 Å². The monoisotopic (exact) mass is 195 g/mol. The smallest absolute Gasteiger partial charge is 0.0975 e. The minimum atomic E-state index is -0.411. The Hall–Kier alpha value is -0.870. The molecule has 0 spiro atoms. The van der Waals surface area contributed by atoms with Crippen molar-refractivity contribution in [1.82, 2.24) is 15.1 Å². The number of aryl methyl sites for hydroxylation is 1. The summed E-state index contributed by atoms with van der Waals surface area (Å²) in [4.78, 5) is 0. The van der Waals surface area contributed by atoms with E-state index in [9.17, 15) is 5.11 Å². The van der Waals surface area contributed by atoms with Gasteiger partial charge in [0.2, 0.25) is 0 Å². The molecule has 2 heterocycles. The number of nitrogens with zero attached hydrogens (tertiary/aromatic N) is 2. The molecule has 0 radical (unpaired) electrons.